The second-order valence-corrected chi connectivity index (χ2v) is 4.34. The molecule has 90 valence electrons. The number of imidazole rings is 1. The summed E-state index contributed by atoms with van der Waals surface area (Å²) in [7, 11) is 4.02. The van der Waals surface area contributed by atoms with Gasteiger partial charge in [-0.05, 0) is 25.1 Å². The molecule has 0 amide bonds. The first kappa shape index (κ1) is 11.9. The summed E-state index contributed by atoms with van der Waals surface area (Å²) in [6.07, 6.45) is 4.71. The fourth-order valence-electron chi connectivity index (χ4n) is 2.01. The summed E-state index contributed by atoms with van der Waals surface area (Å²) in [5.41, 5.74) is 2.68. The van der Waals surface area contributed by atoms with Crippen molar-refractivity contribution >= 4 is 0 Å². The number of nitrogens with zero attached hydrogens (tertiary/aromatic N) is 2. The van der Waals surface area contributed by atoms with E-state index in [2.05, 4.69) is 46.1 Å². The van der Waals surface area contributed by atoms with Crippen LogP contribution in [0.4, 0.5) is 0 Å². The van der Waals surface area contributed by atoms with Crippen molar-refractivity contribution in [1.82, 2.24) is 14.9 Å². The molecule has 0 saturated carbocycles. The quantitative estimate of drug-likeness (QED) is 0.871. The molecular weight excluding hydrogens is 210 g/mol. The molecule has 0 aliphatic heterocycles. The fraction of sp³-hybridized carbons (Fsp3) is 0.357. The smallest absolute Gasteiger partial charge is 0.112 e. The highest BCUT2D eigenvalue weighted by molar-refractivity contribution is 5.32. The van der Waals surface area contributed by atoms with Crippen LogP contribution in [0.3, 0.4) is 0 Å². The Balaban J connectivity index is 2.30. The van der Waals surface area contributed by atoms with Crippen molar-refractivity contribution in [3.8, 4) is 0 Å². The first-order valence-electron chi connectivity index (χ1n) is 5.93. The Kier molecular flexibility index (Phi) is 3.59. The molecular formula is C14H19N3. The van der Waals surface area contributed by atoms with E-state index in [0.29, 0.717) is 6.04 Å². The highest BCUT2D eigenvalue weighted by atomic mass is 15.0. The van der Waals surface area contributed by atoms with Gasteiger partial charge in [0.05, 0.1) is 0 Å². The summed E-state index contributed by atoms with van der Waals surface area (Å²) in [6.45, 7) is 2.18. The van der Waals surface area contributed by atoms with E-state index < -0.39 is 0 Å². The summed E-state index contributed by atoms with van der Waals surface area (Å²) in [4.78, 5) is 4.38. The standard InChI is InChI=1S/C14H19N3/c1-11(15-2)13-7-5-4-6-12(13)10-14-16-8-9-17(14)3/h4-9,11,15H,10H2,1-3H3. The molecule has 0 spiro atoms. The van der Waals surface area contributed by atoms with Gasteiger partial charge < -0.3 is 9.88 Å². The van der Waals surface area contributed by atoms with Crippen LogP contribution in [0.2, 0.25) is 0 Å². The van der Waals surface area contributed by atoms with Crippen molar-refractivity contribution in [2.24, 2.45) is 7.05 Å². The van der Waals surface area contributed by atoms with Crippen LogP contribution in [0.25, 0.3) is 0 Å². The lowest BCUT2D eigenvalue weighted by Gasteiger charge is -2.15. The SMILES string of the molecule is CNC(C)c1ccccc1Cc1nccn1C. The summed E-state index contributed by atoms with van der Waals surface area (Å²) < 4.78 is 2.07. The molecule has 0 aliphatic carbocycles. The predicted octanol–water partition coefficient (Wildman–Crippen LogP) is 2.29. The van der Waals surface area contributed by atoms with Gasteiger partial charge in [0, 0.05) is 31.9 Å². The lowest BCUT2D eigenvalue weighted by molar-refractivity contribution is 0.644. The summed E-state index contributed by atoms with van der Waals surface area (Å²) in [6, 6.07) is 8.90. The van der Waals surface area contributed by atoms with Gasteiger partial charge in [-0.3, -0.25) is 0 Å². The molecule has 2 aromatic rings. The van der Waals surface area contributed by atoms with E-state index in [4.69, 9.17) is 0 Å². The van der Waals surface area contributed by atoms with E-state index in [-0.39, 0.29) is 0 Å². The van der Waals surface area contributed by atoms with Crippen LogP contribution in [0.15, 0.2) is 36.7 Å². The van der Waals surface area contributed by atoms with Crippen LogP contribution in [0.5, 0.6) is 0 Å². The summed E-state index contributed by atoms with van der Waals surface area (Å²) >= 11 is 0. The maximum absolute atomic E-state index is 4.38. The third-order valence-electron chi connectivity index (χ3n) is 3.22. The van der Waals surface area contributed by atoms with Gasteiger partial charge in [0.15, 0.2) is 0 Å². The average molecular weight is 229 g/mol. The van der Waals surface area contributed by atoms with E-state index in [1.54, 1.807) is 0 Å². The third-order valence-corrected chi connectivity index (χ3v) is 3.22. The Morgan fingerprint density at radius 3 is 2.76 bits per heavy atom. The molecule has 0 radical (unpaired) electrons. The normalized spacial score (nSPS) is 12.6. The van der Waals surface area contributed by atoms with E-state index in [9.17, 15) is 0 Å². The molecule has 0 saturated heterocycles. The summed E-state index contributed by atoms with van der Waals surface area (Å²) in [5.74, 6) is 1.10. The lowest BCUT2D eigenvalue weighted by Crippen LogP contribution is -2.14. The number of hydrogen-bond donors (Lipinski definition) is 1. The topological polar surface area (TPSA) is 29.9 Å². The second-order valence-electron chi connectivity index (χ2n) is 4.34. The van der Waals surface area contributed by atoms with Gasteiger partial charge in [-0.2, -0.15) is 0 Å². The first-order chi connectivity index (χ1) is 8.22. The van der Waals surface area contributed by atoms with Crippen molar-refractivity contribution in [3.63, 3.8) is 0 Å². The predicted molar refractivity (Wildman–Crippen MR) is 69.9 cm³/mol. The molecule has 17 heavy (non-hydrogen) atoms. The van der Waals surface area contributed by atoms with Crippen LogP contribution < -0.4 is 5.32 Å². The fourth-order valence-corrected chi connectivity index (χ4v) is 2.01. The maximum atomic E-state index is 4.38. The van der Waals surface area contributed by atoms with E-state index >= 15 is 0 Å². The zero-order chi connectivity index (χ0) is 12.3. The molecule has 1 N–H and O–H groups in total. The minimum atomic E-state index is 0.367. The van der Waals surface area contributed by atoms with Gasteiger partial charge in [0.25, 0.3) is 0 Å². The monoisotopic (exact) mass is 229 g/mol. The van der Waals surface area contributed by atoms with Crippen LogP contribution in [-0.4, -0.2) is 16.6 Å². The van der Waals surface area contributed by atoms with Crippen LogP contribution in [0.1, 0.15) is 29.9 Å². The van der Waals surface area contributed by atoms with Crippen molar-refractivity contribution in [1.29, 1.82) is 0 Å². The molecule has 0 bridgehead atoms. The minimum absolute atomic E-state index is 0.367. The zero-order valence-corrected chi connectivity index (χ0v) is 10.6. The van der Waals surface area contributed by atoms with Gasteiger partial charge >= 0.3 is 0 Å². The van der Waals surface area contributed by atoms with E-state index in [0.717, 1.165) is 12.2 Å². The first-order valence-corrected chi connectivity index (χ1v) is 5.93. The summed E-state index contributed by atoms with van der Waals surface area (Å²) in [5, 5.41) is 3.29. The van der Waals surface area contributed by atoms with Gasteiger partial charge in [-0.1, -0.05) is 24.3 Å². The molecule has 3 nitrogen and oxygen atoms in total. The molecule has 1 unspecified atom stereocenters. The van der Waals surface area contributed by atoms with Crippen LogP contribution in [0, 0.1) is 0 Å². The molecule has 1 aromatic heterocycles. The van der Waals surface area contributed by atoms with Crippen molar-refractivity contribution in [3.05, 3.63) is 53.6 Å². The Labute approximate surface area is 103 Å². The van der Waals surface area contributed by atoms with Crippen molar-refractivity contribution < 1.29 is 0 Å². The van der Waals surface area contributed by atoms with E-state index in [1.807, 2.05) is 26.5 Å². The molecule has 2 rings (SSSR count). The Morgan fingerprint density at radius 2 is 2.12 bits per heavy atom. The van der Waals surface area contributed by atoms with Crippen LogP contribution in [-0.2, 0) is 13.5 Å². The number of benzene rings is 1. The number of aromatic nitrogens is 2. The highest BCUT2D eigenvalue weighted by Gasteiger charge is 2.10. The van der Waals surface area contributed by atoms with Gasteiger partial charge in [-0.25, -0.2) is 4.98 Å². The molecule has 0 aliphatic rings. The number of aryl methyl sites for hydroxylation is 1. The largest absolute Gasteiger partial charge is 0.338 e. The molecule has 1 aromatic carbocycles. The second kappa shape index (κ2) is 5.15. The maximum Gasteiger partial charge on any atom is 0.112 e. The number of hydrogen-bond acceptors (Lipinski definition) is 2. The number of rotatable bonds is 4. The van der Waals surface area contributed by atoms with Gasteiger partial charge in [-0.15, -0.1) is 0 Å². The zero-order valence-electron chi connectivity index (χ0n) is 10.6. The van der Waals surface area contributed by atoms with Crippen molar-refractivity contribution in [2.75, 3.05) is 7.05 Å². The van der Waals surface area contributed by atoms with Gasteiger partial charge in [0.2, 0.25) is 0 Å². The Hall–Kier alpha value is -1.61. The number of nitrogens with one attached hydrogen (secondary N) is 1. The third kappa shape index (κ3) is 2.56. The average Bonchev–Trinajstić information content (AvgIpc) is 2.75. The Bertz CT molecular complexity index is 488. The molecule has 1 atom stereocenters. The minimum Gasteiger partial charge on any atom is -0.338 e. The van der Waals surface area contributed by atoms with Crippen LogP contribution >= 0.6 is 0 Å². The van der Waals surface area contributed by atoms with Gasteiger partial charge in [0.1, 0.15) is 5.82 Å². The highest BCUT2D eigenvalue weighted by Crippen LogP contribution is 2.19. The Morgan fingerprint density at radius 1 is 1.35 bits per heavy atom. The molecule has 3 heteroatoms. The molecule has 0 fully saturated rings. The van der Waals surface area contributed by atoms with Crippen molar-refractivity contribution in [2.45, 2.75) is 19.4 Å². The molecule has 1 heterocycles. The van der Waals surface area contributed by atoms with E-state index in [1.165, 1.54) is 11.1 Å². The lowest BCUT2D eigenvalue weighted by atomic mass is 9.99.